The third-order valence-corrected chi connectivity index (χ3v) is 2.68. The van der Waals surface area contributed by atoms with Crippen molar-refractivity contribution in [1.29, 1.82) is 0 Å². The minimum atomic E-state index is -0.583. The molecule has 82 valence electrons. The molecule has 6 nitrogen and oxygen atoms in total. The van der Waals surface area contributed by atoms with Gasteiger partial charge in [-0.15, -0.1) is 10.2 Å². The molecule has 1 aliphatic rings. The normalized spacial score (nSPS) is 17.5. The van der Waals surface area contributed by atoms with Crippen molar-refractivity contribution in [3.63, 3.8) is 0 Å². The van der Waals surface area contributed by atoms with E-state index in [2.05, 4.69) is 15.5 Å². The van der Waals surface area contributed by atoms with E-state index in [0.717, 1.165) is 18.7 Å². The summed E-state index contributed by atoms with van der Waals surface area (Å²) in [6, 6.07) is 0. The quantitative estimate of drug-likeness (QED) is 0.663. The highest BCUT2D eigenvalue weighted by Gasteiger charge is 2.45. The summed E-state index contributed by atoms with van der Waals surface area (Å²) in [7, 11) is 1.88. The molecule has 1 amide bonds. The van der Waals surface area contributed by atoms with Crippen molar-refractivity contribution in [3.05, 3.63) is 12.2 Å². The summed E-state index contributed by atoms with van der Waals surface area (Å²) in [5, 5.41) is 10.5. The third-order valence-electron chi connectivity index (χ3n) is 2.68. The number of rotatable bonds is 4. The van der Waals surface area contributed by atoms with Crippen LogP contribution in [0.2, 0.25) is 0 Å². The molecule has 0 spiro atoms. The first-order chi connectivity index (χ1) is 7.12. The highest BCUT2D eigenvalue weighted by atomic mass is 16.2. The molecule has 0 atom stereocenters. The smallest absolute Gasteiger partial charge is 0.240 e. The molecule has 3 N–H and O–H groups in total. The molecule has 0 aliphatic heterocycles. The standard InChI is InChI=1S/C9H15N5O/c1-14-6-12-13-7(14)2-5-11-8(15)9(10)3-4-9/h6H,2-5,10H2,1H3,(H,11,15). The monoisotopic (exact) mass is 209 g/mol. The number of hydrogen-bond donors (Lipinski definition) is 2. The van der Waals surface area contributed by atoms with Crippen molar-refractivity contribution in [2.45, 2.75) is 24.8 Å². The first-order valence-corrected chi connectivity index (χ1v) is 5.02. The molecule has 0 radical (unpaired) electrons. The first kappa shape index (κ1) is 10.1. The Morgan fingerprint density at radius 2 is 2.47 bits per heavy atom. The van der Waals surface area contributed by atoms with E-state index in [1.54, 1.807) is 6.33 Å². The number of nitrogens with one attached hydrogen (secondary N) is 1. The SMILES string of the molecule is Cn1cnnc1CCNC(=O)C1(N)CC1. The van der Waals surface area contributed by atoms with Gasteiger partial charge in [0.15, 0.2) is 0 Å². The Bertz CT molecular complexity index is 368. The van der Waals surface area contributed by atoms with Crippen LogP contribution in [0, 0.1) is 0 Å². The van der Waals surface area contributed by atoms with Gasteiger partial charge in [0.05, 0.1) is 5.54 Å². The summed E-state index contributed by atoms with van der Waals surface area (Å²) >= 11 is 0. The van der Waals surface area contributed by atoms with Gasteiger partial charge in [-0.2, -0.15) is 0 Å². The molecule has 1 aliphatic carbocycles. The second-order valence-electron chi connectivity index (χ2n) is 4.02. The maximum Gasteiger partial charge on any atom is 0.240 e. The molecule has 15 heavy (non-hydrogen) atoms. The Morgan fingerprint density at radius 1 is 1.73 bits per heavy atom. The van der Waals surface area contributed by atoms with Gasteiger partial charge < -0.3 is 15.6 Å². The number of aromatic nitrogens is 3. The van der Waals surface area contributed by atoms with Crippen LogP contribution < -0.4 is 11.1 Å². The van der Waals surface area contributed by atoms with Crippen LogP contribution >= 0.6 is 0 Å². The molecule has 1 fully saturated rings. The van der Waals surface area contributed by atoms with Crippen LogP contribution in [0.5, 0.6) is 0 Å². The maximum atomic E-state index is 11.5. The topological polar surface area (TPSA) is 85.8 Å². The molecule has 6 heteroatoms. The number of aryl methyl sites for hydroxylation is 1. The van der Waals surface area contributed by atoms with Crippen molar-refractivity contribution in [1.82, 2.24) is 20.1 Å². The Kier molecular flexibility index (Phi) is 2.44. The van der Waals surface area contributed by atoms with Gasteiger partial charge in [0.1, 0.15) is 12.2 Å². The molecule has 0 aromatic carbocycles. The molecule has 2 rings (SSSR count). The molecule has 1 saturated carbocycles. The number of nitrogens with zero attached hydrogens (tertiary/aromatic N) is 3. The summed E-state index contributed by atoms with van der Waals surface area (Å²) in [5.41, 5.74) is 5.15. The first-order valence-electron chi connectivity index (χ1n) is 5.02. The van der Waals surface area contributed by atoms with Gasteiger partial charge in [-0.3, -0.25) is 4.79 Å². The van der Waals surface area contributed by atoms with Crippen LogP contribution in [0.1, 0.15) is 18.7 Å². The number of carbonyl (C=O) groups is 1. The molecule has 0 unspecified atom stereocenters. The molecule has 1 aromatic heterocycles. The van der Waals surface area contributed by atoms with E-state index in [0.29, 0.717) is 13.0 Å². The summed E-state index contributed by atoms with van der Waals surface area (Å²) in [6.45, 7) is 0.560. The summed E-state index contributed by atoms with van der Waals surface area (Å²) in [4.78, 5) is 11.5. The van der Waals surface area contributed by atoms with Crippen LogP contribution in [0.25, 0.3) is 0 Å². The van der Waals surface area contributed by atoms with E-state index in [1.807, 2.05) is 11.6 Å². The Morgan fingerprint density at radius 3 is 3.00 bits per heavy atom. The largest absolute Gasteiger partial charge is 0.354 e. The van der Waals surface area contributed by atoms with Gasteiger partial charge in [-0.25, -0.2) is 0 Å². The maximum absolute atomic E-state index is 11.5. The van der Waals surface area contributed by atoms with Gasteiger partial charge in [0.2, 0.25) is 5.91 Å². The van der Waals surface area contributed by atoms with Gasteiger partial charge in [0.25, 0.3) is 0 Å². The van der Waals surface area contributed by atoms with E-state index in [1.165, 1.54) is 0 Å². The second kappa shape index (κ2) is 3.62. The predicted octanol–water partition coefficient (Wildman–Crippen LogP) is -1.03. The highest BCUT2D eigenvalue weighted by Crippen LogP contribution is 2.31. The fraction of sp³-hybridized carbons (Fsp3) is 0.667. The summed E-state index contributed by atoms with van der Waals surface area (Å²) in [6.07, 6.45) is 3.91. The number of amides is 1. The predicted molar refractivity (Wildman–Crippen MR) is 53.9 cm³/mol. The van der Waals surface area contributed by atoms with Crippen LogP contribution in [0.3, 0.4) is 0 Å². The lowest BCUT2D eigenvalue weighted by atomic mass is 10.2. The molecule has 0 saturated heterocycles. The van der Waals surface area contributed by atoms with Gasteiger partial charge in [-0.05, 0) is 12.8 Å². The summed E-state index contributed by atoms with van der Waals surface area (Å²) in [5.74, 6) is 0.807. The van der Waals surface area contributed by atoms with E-state index in [9.17, 15) is 4.79 Å². The van der Waals surface area contributed by atoms with Crippen LogP contribution in [0.15, 0.2) is 6.33 Å². The molecular formula is C9H15N5O. The average Bonchev–Trinajstić information content (AvgIpc) is 2.83. The summed E-state index contributed by atoms with van der Waals surface area (Å²) < 4.78 is 1.83. The molecule has 1 aromatic rings. The Labute approximate surface area is 87.9 Å². The fourth-order valence-corrected chi connectivity index (χ4v) is 1.36. The zero-order valence-electron chi connectivity index (χ0n) is 8.73. The average molecular weight is 209 g/mol. The number of nitrogens with two attached hydrogens (primary N) is 1. The minimum Gasteiger partial charge on any atom is -0.354 e. The van der Waals surface area contributed by atoms with Crippen molar-refractivity contribution < 1.29 is 4.79 Å². The lowest BCUT2D eigenvalue weighted by molar-refractivity contribution is -0.123. The molecule has 1 heterocycles. The van der Waals surface area contributed by atoms with E-state index >= 15 is 0 Å². The lowest BCUT2D eigenvalue weighted by Gasteiger charge is -2.09. The van der Waals surface area contributed by atoms with Crippen molar-refractivity contribution in [2.24, 2.45) is 12.8 Å². The van der Waals surface area contributed by atoms with E-state index in [-0.39, 0.29) is 5.91 Å². The van der Waals surface area contributed by atoms with Crippen LogP contribution in [0.4, 0.5) is 0 Å². The van der Waals surface area contributed by atoms with Gasteiger partial charge in [-0.1, -0.05) is 0 Å². The zero-order chi connectivity index (χ0) is 10.9. The van der Waals surface area contributed by atoms with Crippen LogP contribution in [-0.2, 0) is 18.3 Å². The molecular weight excluding hydrogens is 194 g/mol. The van der Waals surface area contributed by atoms with Gasteiger partial charge in [0, 0.05) is 20.0 Å². The van der Waals surface area contributed by atoms with Crippen molar-refractivity contribution in [3.8, 4) is 0 Å². The second-order valence-corrected chi connectivity index (χ2v) is 4.02. The fourth-order valence-electron chi connectivity index (χ4n) is 1.36. The third kappa shape index (κ3) is 2.15. The van der Waals surface area contributed by atoms with E-state index in [4.69, 9.17) is 5.73 Å². The van der Waals surface area contributed by atoms with Gasteiger partial charge >= 0.3 is 0 Å². The zero-order valence-corrected chi connectivity index (χ0v) is 8.73. The number of hydrogen-bond acceptors (Lipinski definition) is 4. The minimum absolute atomic E-state index is 0.0512. The Hall–Kier alpha value is -1.43. The Balaban J connectivity index is 1.76. The van der Waals surface area contributed by atoms with E-state index < -0.39 is 5.54 Å². The lowest BCUT2D eigenvalue weighted by Crippen LogP contribution is -2.43. The molecule has 0 bridgehead atoms. The van der Waals surface area contributed by atoms with Crippen molar-refractivity contribution >= 4 is 5.91 Å². The van der Waals surface area contributed by atoms with Crippen molar-refractivity contribution in [2.75, 3.05) is 6.54 Å². The highest BCUT2D eigenvalue weighted by molar-refractivity contribution is 5.88. The van der Waals surface area contributed by atoms with Crippen LogP contribution in [-0.4, -0.2) is 32.8 Å². The number of carbonyl (C=O) groups excluding carboxylic acids is 1.